The fraction of sp³-hybridized carbons (Fsp3) is 0.643. The molecule has 0 radical (unpaired) electrons. The van der Waals surface area contributed by atoms with Crippen LogP contribution < -0.4 is 54.8 Å². The molecule has 0 aromatic carbocycles. The van der Waals surface area contributed by atoms with Crippen LogP contribution in [0.2, 0.25) is 0 Å². The van der Waals surface area contributed by atoms with E-state index in [1.807, 2.05) is 0 Å². The van der Waals surface area contributed by atoms with E-state index in [1.54, 1.807) is 6.08 Å². The molecule has 0 saturated heterocycles. The lowest BCUT2D eigenvalue weighted by molar-refractivity contribution is -0.143. The SMILES string of the molecule is N=C(N)NCCCC[C@H](NC(=O)CN)C(=O)NCCCC[C@H](N)C(=O)NCC(=O)N1CC=C[C@H]1C(=O)N[C@@H](CCCNC(=N)N)C(=O)O. The van der Waals surface area contributed by atoms with Crippen molar-refractivity contribution in [3.8, 4) is 0 Å². The maximum Gasteiger partial charge on any atom is 0.326 e. The van der Waals surface area contributed by atoms with Gasteiger partial charge in [-0.15, -0.1) is 0 Å². The number of carbonyl (C=O) groups is 6. The van der Waals surface area contributed by atoms with Crippen molar-refractivity contribution in [1.29, 1.82) is 10.8 Å². The molecule has 20 nitrogen and oxygen atoms in total. The summed E-state index contributed by atoms with van der Waals surface area (Å²) in [6.07, 6.45) is 6.27. The number of nitrogens with one attached hydrogen (secondary N) is 8. The summed E-state index contributed by atoms with van der Waals surface area (Å²) in [7, 11) is 0. The predicted molar refractivity (Wildman–Crippen MR) is 176 cm³/mol. The van der Waals surface area contributed by atoms with Crippen molar-refractivity contribution in [2.24, 2.45) is 22.9 Å². The molecule has 1 heterocycles. The van der Waals surface area contributed by atoms with E-state index in [-0.39, 0.29) is 56.8 Å². The smallest absolute Gasteiger partial charge is 0.326 e. The molecule has 0 aromatic heterocycles. The van der Waals surface area contributed by atoms with Crippen molar-refractivity contribution in [3.05, 3.63) is 12.2 Å². The van der Waals surface area contributed by atoms with Crippen molar-refractivity contribution in [3.63, 3.8) is 0 Å². The molecule has 270 valence electrons. The lowest BCUT2D eigenvalue weighted by Crippen LogP contribution is -2.53. The van der Waals surface area contributed by atoms with Crippen LogP contribution in [-0.4, -0.2) is 121 Å². The Kier molecular flexibility index (Phi) is 19.3. The van der Waals surface area contributed by atoms with Gasteiger partial charge in [0, 0.05) is 26.2 Å². The van der Waals surface area contributed by atoms with E-state index in [4.69, 9.17) is 33.8 Å². The number of amides is 5. The Morgan fingerprint density at radius 2 is 1.38 bits per heavy atom. The summed E-state index contributed by atoms with van der Waals surface area (Å²) in [6.45, 7) is 0.398. The van der Waals surface area contributed by atoms with E-state index in [9.17, 15) is 33.9 Å². The average Bonchev–Trinajstić information content (AvgIpc) is 3.53. The molecule has 0 unspecified atom stereocenters. The molecule has 0 fully saturated rings. The Labute approximate surface area is 278 Å². The average molecular weight is 682 g/mol. The zero-order valence-electron chi connectivity index (χ0n) is 27.0. The van der Waals surface area contributed by atoms with Gasteiger partial charge in [0.2, 0.25) is 29.5 Å². The normalized spacial score (nSPS) is 15.4. The number of carboxylic acids is 1. The Bertz CT molecular complexity index is 1170. The quantitative estimate of drug-likeness (QED) is 0.0209. The molecule has 0 spiro atoms. The molecule has 17 N–H and O–H groups in total. The fourth-order valence-electron chi connectivity index (χ4n) is 4.62. The Balaban J connectivity index is 2.44. The number of unbranched alkanes of at least 4 members (excludes halogenated alkanes) is 2. The molecule has 0 aliphatic carbocycles. The van der Waals surface area contributed by atoms with Crippen LogP contribution in [0.5, 0.6) is 0 Å². The summed E-state index contributed by atoms with van der Waals surface area (Å²) in [4.78, 5) is 75.3. The molecule has 48 heavy (non-hydrogen) atoms. The first kappa shape index (κ1) is 41.0. The maximum absolute atomic E-state index is 12.8. The number of guanidine groups is 2. The summed E-state index contributed by atoms with van der Waals surface area (Å²) in [5, 5.41) is 39.2. The van der Waals surface area contributed by atoms with Gasteiger partial charge in [-0.05, 0) is 51.4 Å². The van der Waals surface area contributed by atoms with Crippen LogP contribution in [0.15, 0.2) is 12.2 Å². The van der Waals surface area contributed by atoms with E-state index in [0.29, 0.717) is 45.1 Å². The summed E-state index contributed by atoms with van der Waals surface area (Å²) < 4.78 is 0. The van der Waals surface area contributed by atoms with Gasteiger partial charge in [0.15, 0.2) is 11.9 Å². The van der Waals surface area contributed by atoms with Gasteiger partial charge in [-0.2, -0.15) is 0 Å². The highest BCUT2D eigenvalue weighted by atomic mass is 16.4. The van der Waals surface area contributed by atoms with Crippen LogP contribution in [0.4, 0.5) is 0 Å². The van der Waals surface area contributed by atoms with Gasteiger partial charge < -0.3 is 64.8 Å². The van der Waals surface area contributed by atoms with Gasteiger partial charge in [0.1, 0.15) is 18.1 Å². The predicted octanol–water partition coefficient (Wildman–Crippen LogP) is -4.59. The third kappa shape index (κ3) is 16.5. The fourth-order valence-corrected chi connectivity index (χ4v) is 4.62. The number of hydrogen-bond donors (Lipinski definition) is 13. The van der Waals surface area contributed by atoms with Gasteiger partial charge in [-0.25, -0.2) is 4.79 Å². The van der Waals surface area contributed by atoms with Gasteiger partial charge in [0.05, 0.1) is 19.1 Å². The van der Waals surface area contributed by atoms with E-state index in [0.717, 1.165) is 0 Å². The standard InChI is InChI=1S/C28H51N13O7/c29-15-21(42)39-18(8-2-4-12-36-27(31)32)24(45)35-11-3-1-7-17(30)23(44)38-16-22(43)41-14-6-10-20(41)25(46)40-19(26(47)48)9-5-13-37-28(33)34/h6,10,17-20H,1-5,7-9,11-16,29-30H2,(H,35,45)(H,38,44)(H,39,42)(H,40,46)(H,47,48)(H4,31,32,36)(H4,33,34,37)/t17-,18-,19-,20-/m0/s1. The van der Waals surface area contributed by atoms with E-state index in [2.05, 4.69) is 31.9 Å². The Morgan fingerprint density at radius 1 is 0.792 bits per heavy atom. The first-order valence-corrected chi connectivity index (χ1v) is 15.7. The van der Waals surface area contributed by atoms with Crippen molar-refractivity contribution < 1.29 is 33.9 Å². The van der Waals surface area contributed by atoms with E-state index in [1.165, 1.54) is 11.0 Å². The minimum Gasteiger partial charge on any atom is -0.480 e. The van der Waals surface area contributed by atoms with Crippen LogP contribution in [0.25, 0.3) is 0 Å². The van der Waals surface area contributed by atoms with Crippen molar-refractivity contribution >= 4 is 47.4 Å². The lowest BCUT2D eigenvalue weighted by Gasteiger charge is -2.26. The van der Waals surface area contributed by atoms with E-state index < -0.39 is 60.3 Å². The number of nitrogens with two attached hydrogens (primary N) is 4. The van der Waals surface area contributed by atoms with Gasteiger partial charge >= 0.3 is 5.97 Å². The number of hydrogen-bond acceptors (Lipinski definition) is 10. The third-order valence-corrected chi connectivity index (χ3v) is 7.21. The first-order valence-electron chi connectivity index (χ1n) is 15.7. The van der Waals surface area contributed by atoms with Gasteiger partial charge in [-0.3, -0.25) is 34.8 Å². The molecule has 4 atom stereocenters. The largest absolute Gasteiger partial charge is 0.480 e. The van der Waals surface area contributed by atoms with Crippen molar-refractivity contribution in [1.82, 2.24) is 36.8 Å². The molecule has 1 aliphatic rings. The zero-order chi connectivity index (χ0) is 36.1. The van der Waals surface area contributed by atoms with Gasteiger partial charge in [-0.1, -0.05) is 12.2 Å². The molecule has 5 amide bonds. The summed E-state index contributed by atoms with van der Waals surface area (Å²) in [6, 6.07) is -3.98. The number of aliphatic carboxylic acids is 1. The van der Waals surface area contributed by atoms with Crippen LogP contribution in [0, 0.1) is 10.8 Å². The molecule has 20 heteroatoms. The second-order valence-corrected chi connectivity index (χ2v) is 11.1. The summed E-state index contributed by atoms with van der Waals surface area (Å²) in [5.41, 5.74) is 21.8. The minimum absolute atomic E-state index is 0.0711. The third-order valence-electron chi connectivity index (χ3n) is 7.21. The van der Waals surface area contributed by atoms with Crippen LogP contribution >= 0.6 is 0 Å². The highest BCUT2D eigenvalue weighted by Gasteiger charge is 2.33. The van der Waals surface area contributed by atoms with Crippen LogP contribution in [0.3, 0.4) is 0 Å². The summed E-state index contributed by atoms with van der Waals surface area (Å²) >= 11 is 0. The Morgan fingerprint density at radius 3 is 1.98 bits per heavy atom. The number of nitrogens with zero attached hydrogens (tertiary/aromatic N) is 1. The number of carbonyl (C=O) groups excluding carboxylic acids is 5. The first-order chi connectivity index (χ1) is 22.8. The minimum atomic E-state index is -1.25. The molecule has 0 aromatic rings. The topological polar surface area (TPSA) is 350 Å². The van der Waals surface area contributed by atoms with Crippen molar-refractivity contribution in [2.75, 3.05) is 39.3 Å². The second-order valence-electron chi connectivity index (χ2n) is 11.1. The lowest BCUT2D eigenvalue weighted by atomic mass is 10.1. The molecule has 1 rings (SSSR count). The molecule has 1 aliphatic heterocycles. The highest BCUT2D eigenvalue weighted by Crippen LogP contribution is 2.11. The number of carboxylic acid groups (broad SMARTS) is 1. The molecular weight excluding hydrogens is 630 g/mol. The molecule has 0 bridgehead atoms. The number of rotatable bonds is 23. The Hall–Kier alpha value is -4.98. The van der Waals surface area contributed by atoms with Crippen molar-refractivity contribution in [2.45, 2.75) is 75.5 Å². The second kappa shape index (κ2) is 22.5. The van der Waals surface area contributed by atoms with Gasteiger partial charge in [0.25, 0.3) is 0 Å². The highest BCUT2D eigenvalue weighted by molar-refractivity contribution is 5.94. The summed E-state index contributed by atoms with van der Waals surface area (Å²) in [5.74, 6) is -4.32. The van der Waals surface area contributed by atoms with E-state index >= 15 is 0 Å². The zero-order valence-corrected chi connectivity index (χ0v) is 27.0. The van der Waals surface area contributed by atoms with Crippen LogP contribution in [0.1, 0.15) is 51.4 Å². The maximum atomic E-state index is 12.8. The molecular formula is C28H51N13O7. The van der Waals surface area contributed by atoms with Crippen LogP contribution in [-0.2, 0) is 28.8 Å². The molecule has 0 saturated carbocycles. The monoisotopic (exact) mass is 681 g/mol.